The van der Waals surface area contributed by atoms with Gasteiger partial charge in [0.05, 0.1) is 12.3 Å². The Kier molecular flexibility index (Phi) is 12.3. The predicted molar refractivity (Wildman–Crippen MR) is 136 cm³/mol. The number of aliphatic imine (C=N–C) groups is 1. The van der Waals surface area contributed by atoms with Gasteiger partial charge in [0, 0.05) is 50.6 Å². The first kappa shape index (κ1) is 28.1. The zero-order valence-corrected chi connectivity index (χ0v) is 22.2. The third-order valence-corrected chi connectivity index (χ3v) is 5.99. The Bertz CT molecular complexity index is 812. The summed E-state index contributed by atoms with van der Waals surface area (Å²) in [7, 11) is 0.919. The standard InChI is InChI=1S/C21H36FN5O2S.HI/c1-5-23-21(24-15-17-6-7-20(22)18(14-17)16-26(2)3)25-19-8-10-27(11-9-19)12-13-30(4,28)29;/h6-7,14,19H,5,8-13,15-16H2,1-4H3,(H2,23,24,25);1H. The molecule has 1 heterocycles. The number of halogens is 2. The van der Waals surface area contributed by atoms with Crippen LogP contribution < -0.4 is 10.6 Å². The second-order valence-electron chi connectivity index (χ2n) is 8.25. The van der Waals surface area contributed by atoms with E-state index in [1.807, 2.05) is 32.0 Å². The summed E-state index contributed by atoms with van der Waals surface area (Å²) in [6.07, 6.45) is 3.17. The number of hydrogen-bond donors (Lipinski definition) is 2. The van der Waals surface area contributed by atoms with Crippen molar-refractivity contribution in [2.75, 3.05) is 52.3 Å². The highest BCUT2D eigenvalue weighted by Crippen LogP contribution is 2.14. The molecule has 0 unspecified atom stereocenters. The monoisotopic (exact) mass is 569 g/mol. The van der Waals surface area contributed by atoms with E-state index in [1.54, 1.807) is 6.07 Å². The average Bonchev–Trinajstić information content (AvgIpc) is 2.67. The number of piperidine rings is 1. The molecule has 10 heteroatoms. The van der Waals surface area contributed by atoms with Crippen LogP contribution in [0.2, 0.25) is 0 Å². The third kappa shape index (κ3) is 10.9. The number of guanidine groups is 1. The molecule has 1 aromatic carbocycles. The minimum atomic E-state index is -2.92. The van der Waals surface area contributed by atoms with Crippen LogP contribution in [0.1, 0.15) is 30.9 Å². The van der Waals surface area contributed by atoms with Crippen molar-refractivity contribution in [2.24, 2.45) is 4.99 Å². The smallest absolute Gasteiger partial charge is 0.191 e. The van der Waals surface area contributed by atoms with E-state index in [4.69, 9.17) is 0 Å². The van der Waals surface area contributed by atoms with Gasteiger partial charge >= 0.3 is 0 Å². The van der Waals surface area contributed by atoms with Gasteiger partial charge in [-0.25, -0.2) is 17.8 Å². The van der Waals surface area contributed by atoms with Gasteiger partial charge in [-0.15, -0.1) is 24.0 Å². The van der Waals surface area contributed by atoms with Crippen molar-refractivity contribution in [3.05, 3.63) is 35.1 Å². The minimum absolute atomic E-state index is 0. The van der Waals surface area contributed by atoms with E-state index in [-0.39, 0.29) is 35.5 Å². The van der Waals surface area contributed by atoms with Gasteiger partial charge in [0.1, 0.15) is 15.7 Å². The predicted octanol–water partition coefficient (Wildman–Crippen LogP) is 2.07. The molecule has 0 aromatic heterocycles. The number of sulfone groups is 1. The molecule has 0 aliphatic carbocycles. The molecule has 0 spiro atoms. The van der Waals surface area contributed by atoms with Crippen LogP contribution in [0.3, 0.4) is 0 Å². The third-order valence-electron chi connectivity index (χ3n) is 5.07. The fourth-order valence-electron chi connectivity index (χ4n) is 3.47. The summed E-state index contributed by atoms with van der Waals surface area (Å²) in [4.78, 5) is 8.83. The summed E-state index contributed by atoms with van der Waals surface area (Å²) in [6, 6.07) is 5.47. The summed E-state index contributed by atoms with van der Waals surface area (Å²) < 4.78 is 36.7. The number of hydrogen-bond acceptors (Lipinski definition) is 5. The van der Waals surface area contributed by atoms with Gasteiger partial charge in [0.15, 0.2) is 5.96 Å². The summed E-state index contributed by atoms with van der Waals surface area (Å²) in [6.45, 7) is 6.16. The van der Waals surface area contributed by atoms with E-state index in [0.29, 0.717) is 31.2 Å². The Labute approximate surface area is 203 Å². The zero-order valence-electron chi connectivity index (χ0n) is 19.0. The van der Waals surface area contributed by atoms with Crippen LogP contribution >= 0.6 is 24.0 Å². The van der Waals surface area contributed by atoms with Crippen molar-refractivity contribution in [1.82, 2.24) is 20.4 Å². The van der Waals surface area contributed by atoms with Gasteiger partial charge in [0.2, 0.25) is 0 Å². The minimum Gasteiger partial charge on any atom is -0.357 e. The van der Waals surface area contributed by atoms with Crippen molar-refractivity contribution in [1.29, 1.82) is 0 Å². The molecule has 0 amide bonds. The largest absolute Gasteiger partial charge is 0.357 e. The molecule has 178 valence electrons. The quantitative estimate of drug-likeness (QED) is 0.270. The van der Waals surface area contributed by atoms with Crippen LogP contribution in [0.25, 0.3) is 0 Å². The van der Waals surface area contributed by atoms with Crippen molar-refractivity contribution in [3.8, 4) is 0 Å². The SMILES string of the molecule is CCNC(=NCc1ccc(F)c(CN(C)C)c1)NC1CCN(CCS(C)(=O)=O)CC1.I. The maximum atomic E-state index is 14.0. The summed E-state index contributed by atoms with van der Waals surface area (Å²) in [5.74, 6) is 0.775. The number of nitrogens with zero attached hydrogens (tertiary/aromatic N) is 3. The van der Waals surface area contributed by atoms with E-state index < -0.39 is 9.84 Å². The lowest BCUT2D eigenvalue weighted by Gasteiger charge is -2.32. The molecule has 0 saturated carbocycles. The highest BCUT2D eigenvalue weighted by atomic mass is 127. The molecular weight excluding hydrogens is 532 g/mol. The molecule has 0 atom stereocenters. The number of benzene rings is 1. The molecule has 1 aromatic rings. The van der Waals surface area contributed by atoms with Crippen molar-refractivity contribution in [3.63, 3.8) is 0 Å². The topological polar surface area (TPSA) is 77.0 Å². The fraction of sp³-hybridized carbons (Fsp3) is 0.667. The number of likely N-dealkylation sites (tertiary alicyclic amines) is 1. The molecule has 1 saturated heterocycles. The number of rotatable bonds is 9. The van der Waals surface area contributed by atoms with Crippen LogP contribution in [0, 0.1) is 5.82 Å². The Morgan fingerprint density at radius 2 is 1.97 bits per heavy atom. The Balaban J connectivity index is 0.00000480. The maximum absolute atomic E-state index is 14.0. The Morgan fingerprint density at radius 1 is 1.29 bits per heavy atom. The molecule has 31 heavy (non-hydrogen) atoms. The van der Waals surface area contributed by atoms with Crippen molar-refractivity contribution < 1.29 is 12.8 Å². The first-order chi connectivity index (χ1) is 14.2. The van der Waals surface area contributed by atoms with Crippen molar-refractivity contribution >= 4 is 39.8 Å². The summed E-state index contributed by atoms with van der Waals surface area (Å²) in [5.41, 5.74) is 1.65. The second-order valence-corrected chi connectivity index (χ2v) is 10.5. The van der Waals surface area contributed by atoms with E-state index >= 15 is 0 Å². The first-order valence-electron chi connectivity index (χ1n) is 10.5. The van der Waals surface area contributed by atoms with Crippen molar-refractivity contribution in [2.45, 2.75) is 38.9 Å². The number of nitrogens with one attached hydrogen (secondary N) is 2. The normalized spacial score (nSPS) is 16.3. The van der Waals surface area contributed by atoms with Gasteiger partial charge in [-0.3, -0.25) is 0 Å². The second kappa shape index (κ2) is 13.5. The van der Waals surface area contributed by atoms with Crippen LogP contribution in [-0.2, 0) is 22.9 Å². The first-order valence-corrected chi connectivity index (χ1v) is 12.6. The molecular formula is C21H37FIN5O2S. The summed E-state index contributed by atoms with van der Waals surface area (Å²) >= 11 is 0. The maximum Gasteiger partial charge on any atom is 0.191 e. The average molecular weight is 570 g/mol. The van der Waals surface area contributed by atoms with Crippen LogP contribution in [0.15, 0.2) is 23.2 Å². The van der Waals surface area contributed by atoms with Gasteiger partial charge in [-0.05, 0) is 51.6 Å². The summed E-state index contributed by atoms with van der Waals surface area (Å²) in [5, 5.41) is 6.77. The fourth-order valence-corrected chi connectivity index (χ4v) is 4.06. The lowest BCUT2D eigenvalue weighted by Crippen LogP contribution is -2.49. The van der Waals surface area contributed by atoms with Gasteiger partial charge in [0.25, 0.3) is 0 Å². The highest BCUT2D eigenvalue weighted by molar-refractivity contribution is 14.0. The van der Waals surface area contributed by atoms with Crippen LogP contribution in [0.5, 0.6) is 0 Å². The zero-order chi connectivity index (χ0) is 22.1. The van der Waals surface area contributed by atoms with Crippen LogP contribution in [0.4, 0.5) is 4.39 Å². The van der Waals surface area contributed by atoms with E-state index in [1.165, 1.54) is 12.3 Å². The van der Waals surface area contributed by atoms with Gasteiger partial charge < -0.3 is 20.4 Å². The van der Waals surface area contributed by atoms with Crippen LogP contribution in [-0.4, -0.2) is 82.5 Å². The molecule has 2 rings (SSSR count). The van der Waals surface area contributed by atoms with E-state index in [9.17, 15) is 12.8 Å². The Hall–Kier alpha value is -0.980. The molecule has 0 bridgehead atoms. The lowest BCUT2D eigenvalue weighted by atomic mass is 10.1. The van der Waals surface area contributed by atoms with E-state index in [2.05, 4.69) is 20.5 Å². The molecule has 1 aliphatic heterocycles. The Morgan fingerprint density at radius 3 is 2.55 bits per heavy atom. The highest BCUT2D eigenvalue weighted by Gasteiger charge is 2.20. The lowest BCUT2D eigenvalue weighted by molar-refractivity contribution is 0.216. The molecule has 1 fully saturated rings. The molecule has 2 N–H and O–H groups in total. The molecule has 1 aliphatic rings. The van der Waals surface area contributed by atoms with E-state index in [0.717, 1.165) is 44.0 Å². The van der Waals surface area contributed by atoms with Gasteiger partial charge in [-0.2, -0.15) is 0 Å². The molecule has 7 nitrogen and oxygen atoms in total. The van der Waals surface area contributed by atoms with Gasteiger partial charge in [-0.1, -0.05) is 6.07 Å². The molecule has 0 radical (unpaired) electrons.